The van der Waals surface area contributed by atoms with Crippen molar-refractivity contribution in [2.45, 2.75) is 20.1 Å². The molecule has 0 bridgehead atoms. The van der Waals surface area contributed by atoms with Crippen molar-refractivity contribution in [3.63, 3.8) is 0 Å². The van der Waals surface area contributed by atoms with E-state index >= 15 is 0 Å². The Labute approximate surface area is 194 Å². The number of anilines is 1. The number of piperazine rings is 1. The lowest BCUT2D eigenvalue weighted by molar-refractivity contribution is 0.275. The van der Waals surface area contributed by atoms with Crippen LogP contribution in [0.1, 0.15) is 18.1 Å². The third-order valence-corrected chi connectivity index (χ3v) is 5.02. The van der Waals surface area contributed by atoms with Gasteiger partial charge in [-0.25, -0.2) is 9.38 Å². The van der Waals surface area contributed by atoms with Crippen molar-refractivity contribution < 1.29 is 14.2 Å². The first-order chi connectivity index (χ1) is 14.1. The Balaban J connectivity index is 0.00000320. The number of benzene rings is 2. The number of halogens is 2. The SMILES string of the molecule is CCNC(=NCc1ccc(F)c(CO)c1)N1CCN(c2cccc(OC)c2)CC1.I. The predicted octanol–water partition coefficient (Wildman–Crippen LogP) is 3.23. The van der Waals surface area contributed by atoms with Crippen LogP contribution >= 0.6 is 24.0 Å². The minimum atomic E-state index is -0.388. The maximum atomic E-state index is 13.6. The summed E-state index contributed by atoms with van der Waals surface area (Å²) >= 11 is 0. The van der Waals surface area contributed by atoms with E-state index in [1.165, 1.54) is 6.07 Å². The monoisotopic (exact) mass is 528 g/mol. The van der Waals surface area contributed by atoms with Crippen LogP contribution in [0.3, 0.4) is 0 Å². The van der Waals surface area contributed by atoms with Crippen LogP contribution in [0, 0.1) is 5.82 Å². The first-order valence-corrected chi connectivity index (χ1v) is 9.95. The number of guanidine groups is 1. The van der Waals surface area contributed by atoms with E-state index in [2.05, 4.69) is 27.2 Å². The highest BCUT2D eigenvalue weighted by atomic mass is 127. The van der Waals surface area contributed by atoms with E-state index in [0.717, 1.165) is 55.7 Å². The lowest BCUT2D eigenvalue weighted by Gasteiger charge is -2.37. The van der Waals surface area contributed by atoms with E-state index in [0.29, 0.717) is 12.1 Å². The minimum Gasteiger partial charge on any atom is -0.497 e. The second kappa shape index (κ2) is 11.9. The minimum absolute atomic E-state index is 0. The molecule has 0 atom stereocenters. The number of aliphatic hydroxyl groups is 1. The van der Waals surface area contributed by atoms with Crippen LogP contribution in [0.15, 0.2) is 47.5 Å². The summed E-state index contributed by atoms with van der Waals surface area (Å²) in [7, 11) is 1.68. The van der Waals surface area contributed by atoms with E-state index in [1.54, 1.807) is 19.2 Å². The van der Waals surface area contributed by atoms with E-state index < -0.39 is 0 Å². The fraction of sp³-hybridized carbons (Fsp3) is 0.409. The largest absolute Gasteiger partial charge is 0.497 e. The Kier molecular flexibility index (Phi) is 9.64. The van der Waals surface area contributed by atoms with Gasteiger partial charge in [0.2, 0.25) is 0 Å². The first-order valence-electron chi connectivity index (χ1n) is 9.95. The Morgan fingerprint density at radius 1 is 1.17 bits per heavy atom. The van der Waals surface area contributed by atoms with Crippen LogP contribution in [0.25, 0.3) is 0 Å². The van der Waals surface area contributed by atoms with Crippen LogP contribution in [0.2, 0.25) is 0 Å². The molecule has 3 rings (SSSR count). The van der Waals surface area contributed by atoms with E-state index in [9.17, 15) is 9.50 Å². The zero-order valence-electron chi connectivity index (χ0n) is 17.5. The van der Waals surface area contributed by atoms with Crippen LogP contribution in [-0.4, -0.2) is 55.8 Å². The second-order valence-corrected chi connectivity index (χ2v) is 6.93. The van der Waals surface area contributed by atoms with Crippen molar-refractivity contribution in [1.29, 1.82) is 0 Å². The molecule has 1 fully saturated rings. The molecule has 0 spiro atoms. The number of ether oxygens (including phenoxy) is 1. The van der Waals surface area contributed by atoms with E-state index in [-0.39, 0.29) is 36.4 Å². The van der Waals surface area contributed by atoms with Gasteiger partial charge in [-0.3, -0.25) is 0 Å². The molecule has 0 aromatic heterocycles. The topological polar surface area (TPSA) is 60.3 Å². The van der Waals surface area contributed by atoms with Crippen molar-refractivity contribution in [1.82, 2.24) is 10.2 Å². The Morgan fingerprint density at radius 2 is 1.93 bits per heavy atom. The zero-order chi connectivity index (χ0) is 20.6. The molecule has 164 valence electrons. The number of hydrogen-bond donors (Lipinski definition) is 2. The summed E-state index contributed by atoms with van der Waals surface area (Å²) in [6, 6.07) is 12.9. The second-order valence-electron chi connectivity index (χ2n) is 6.93. The molecular weight excluding hydrogens is 498 g/mol. The van der Waals surface area contributed by atoms with Crippen molar-refractivity contribution in [3.8, 4) is 5.75 Å². The quantitative estimate of drug-likeness (QED) is 0.343. The summed E-state index contributed by atoms with van der Waals surface area (Å²) in [4.78, 5) is 9.32. The van der Waals surface area contributed by atoms with Crippen LogP contribution in [0.4, 0.5) is 10.1 Å². The zero-order valence-corrected chi connectivity index (χ0v) is 19.8. The molecule has 2 N–H and O–H groups in total. The number of methoxy groups -OCH3 is 1. The number of hydrogen-bond acceptors (Lipinski definition) is 4. The molecule has 2 aromatic rings. The van der Waals surface area contributed by atoms with Crippen molar-refractivity contribution in [2.24, 2.45) is 4.99 Å². The molecule has 0 amide bonds. The maximum Gasteiger partial charge on any atom is 0.194 e. The summed E-state index contributed by atoms with van der Waals surface area (Å²) in [5, 5.41) is 12.6. The summed E-state index contributed by atoms with van der Waals surface area (Å²) in [5.41, 5.74) is 2.34. The molecule has 8 heteroatoms. The third kappa shape index (κ3) is 6.21. The fourth-order valence-corrected chi connectivity index (χ4v) is 3.42. The van der Waals surface area contributed by atoms with Gasteiger partial charge in [0, 0.05) is 50.0 Å². The smallest absolute Gasteiger partial charge is 0.194 e. The fourth-order valence-electron chi connectivity index (χ4n) is 3.42. The summed E-state index contributed by atoms with van der Waals surface area (Å²) in [5.74, 6) is 1.33. The van der Waals surface area contributed by atoms with Crippen LogP contribution < -0.4 is 15.0 Å². The molecule has 2 aromatic carbocycles. The van der Waals surface area contributed by atoms with Gasteiger partial charge in [0.1, 0.15) is 11.6 Å². The molecular formula is C22H30FIN4O2. The van der Waals surface area contributed by atoms with Gasteiger partial charge in [-0.1, -0.05) is 12.1 Å². The van der Waals surface area contributed by atoms with E-state index in [1.807, 2.05) is 19.1 Å². The predicted molar refractivity (Wildman–Crippen MR) is 129 cm³/mol. The number of aliphatic hydroxyl groups excluding tert-OH is 1. The van der Waals surface area contributed by atoms with Crippen LogP contribution in [0.5, 0.6) is 5.75 Å². The third-order valence-electron chi connectivity index (χ3n) is 5.02. The summed E-state index contributed by atoms with van der Waals surface area (Å²) in [6.07, 6.45) is 0. The summed E-state index contributed by atoms with van der Waals surface area (Å²) < 4.78 is 18.9. The average molecular weight is 528 g/mol. The van der Waals surface area contributed by atoms with Crippen molar-refractivity contribution >= 4 is 35.6 Å². The molecule has 6 nitrogen and oxygen atoms in total. The lowest BCUT2D eigenvalue weighted by Crippen LogP contribution is -2.52. The molecule has 0 aliphatic carbocycles. The molecule has 1 heterocycles. The van der Waals surface area contributed by atoms with Gasteiger partial charge in [0.05, 0.1) is 20.3 Å². The molecule has 0 radical (unpaired) electrons. The summed E-state index contributed by atoms with van der Waals surface area (Å²) in [6.45, 7) is 6.44. The Morgan fingerprint density at radius 3 is 2.60 bits per heavy atom. The number of aliphatic imine (C=N–C) groups is 1. The molecule has 1 aliphatic rings. The van der Waals surface area contributed by atoms with Gasteiger partial charge in [-0.05, 0) is 36.8 Å². The number of nitrogens with one attached hydrogen (secondary N) is 1. The normalized spacial score (nSPS) is 14.3. The van der Waals surface area contributed by atoms with Gasteiger partial charge in [0.15, 0.2) is 5.96 Å². The van der Waals surface area contributed by atoms with Gasteiger partial charge >= 0.3 is 0 Å². The first kappa shape index (κ1) is 24.2. The Hall–Kier alpha value is -2.07. The molecule has 1 saturated heterocycles. The number of nitrogens with zero attached hydrogens (tertiary/aromatic N) is 3. The molecule has 0 unspecified atom stereocenters. The van der Waals surface area contributed by atoms with Crippen molar-refractivity contribution in [2.75, 3.05) is 44.7 Å². The van der Waals surface area contributed by atoms with Gasteiger partial charge < -0.3 is 25.0 Å². The van der Waals surface area contributed by atoms with E-state index in [4.69, 9.17) is 9.73 Å². The standard InChI is InChI=1S/C22H29FN4O2.HI/c1-3-24-22(25-15-17-7-8-21(23)18(13-17)16-28)27-11-9-26(10-12-27)19-5-4-6-20(14-19)29-2;/h4-8,13-14,28H,3,9-12,15-16H2,1-2H3,(H,24,25);1H. The Bertz CT molecular complexity index is 842. The van der Waals surface area contributed by atoms with Gasteiger partial charge in [-0.15, -0.1) is 24.0 Å². The lowest BCUT2D eigenvalue weighted by atomic mass is 10.1. The highest BCUT2D eigenvalue weighted by Crippen LogP contribution is 2.22. The number of rotatable bonds is 6. The average Bonchev–Trinajstić information content (AvgIpc) is 2.77. The van der Waals surface area contributed by atoms with Gasteiger partial charge in [0.25, 0.3) is 0 Å². The van der Waals surface area contributed by atoms with Crippen LogP contribution in [-0.2, 0) is 13.2 Å². The maximum absolute atomic E-state index is 13.6. The van der Waals surface area contributed by atoms with Gasteiger partial charge in [-0.2, -0.15) is 0 Å². The molecule has 0 saturated carbocycles. The highest BCUT2D eigenvalue weighted by molar-refractivity contribution is 14.0. The highest BCUT2D eigenvalue weighted by Gasteiger charge is 2.20. The van der Waals surface area contributed by atoms with Crippen molar-refractivity contribution in [3.05, 3.63) is 59.4 Å². The molecule has 1 aliphatic heterocycles. The molecule has 30 heavy (non-hydrogen) atoms.